The Kier molecular flexibility index (Phi) is 10.6. The molecule has 10 heteroatoms. The molecule has 0 unspecified atom stereocenters. The minimum atomic E-state index is -0.464. The quantitative estimate of drug-likeness (QED) is 0.238. The van der Waals surface area contributed by atoms with Crippen molar-refractivity contribution in [2.45, 2.75) is 33.2 Å². The van der Waals surface area contributed by atoms with Crippen LogP contribution in [0.15, 0.2) is 48.5 Å². The summed E-state index contributed by atoms with van der Waals surface area (Å²) in [5.74, 6) is 2.44. The number of fused-ring (bicyclic) bond motifs is 1. The van der Waals surface area contributed by atoms with Crippen molar-refractivity contribution in [3.8, 4) is 34.5 Å². The highest BCUT2D eigenvalue weighted by Gasteiger charge is 2.34. The van der Waals surface area contributed by atoms with Crippen LogP contribution in [-0.2, 0) is 11.2 Å². The van der Waals surface area contributed by atoms with Gasteiger partial charge in [-0.2, -0.15) is 0 Å². The molecule has 1 aliphatic heterocycles. The molecule has 0 aliphatic carbocycles. The van der Waals surface area contributed by atoms with Gasteiger partial charge in [-0.3, -0.25) is 4.79 Å². The summed E-state index contributed by atoms with van der Waals surface area (Å²) >= 11 is 0. The van der Waals surface area contributed by atoms with E-state index in [0.29, 0.717) is 78.4 Å². The summed E-state index contributed by atoms with van der Waals surface area (Å²) in [6, 6.07) is 13.5. The summed E-state index contributed by atoms with van der Waals surface area (Å²) in [7, 11) is 4.51. The third kappa shape index (κ3) is 6.90. The molecule has 1 atom stereocenters. The summed E-state index contributed by atoms with van der Waals surface area (Å²) in [5, 5.41) is 0. The largest absolute Gasteiger partial charge is 0.493 e. The van der Waals surface area contributed by atoms with E-state index in [0.717, 1.165) is 11.1 Å². The van der Waals surface area contributed by atoms with E-state index < -0.39 is 12.0 Å². The molecule has 3 aromatic rings. The van der Waals surface area contributed by atoms with E-state index in [2.05, 4.69) is 0 Å². The first-order valence-corrected chi connectivity index (χ1v) is 14.3. The average Bonchev–Trinajstić information content (AvgIpc) is 3.03. The van der Waals surface area contributed by atoms with Crippen LogP contribution in [0.1, 0.15) is 58.7 Å². The van der Waals surface area contributed by atoms with Gasteiger partial charge >= 0.3 is 5.97 Å². The molecular formula is C33H39NO9. The Morgan fingerprint density at radius 1 is 0.744 bits per heavy atom. The molecule has 0 spiro atoms. The van der Waals surface area contributed by atoms with Gasteiger partial charge in [0.05, 0.1) is 52.8 Å². The predicted molar refractivity (Wildman–Crippen MR) is 160 cm³/mol. The van der Waals surface area contributed by atoms with Crippen LogP contribution in [0.25, 0.3) is 0 Å². The molecule has 1 aliphatic rings. The summed E-state index contributed by atoms with van der Waals surface area (Å²) in [4.78, 5) is 27.9. The molecule has 230 valence electrons. The number of rotatable bonds is 13. The standard InChI is InChI=1S/C33H39NO9/c1-7-40-29-17-23(18-30(41-8-2)31(29)42-9-3)32(35)34-15-14-22-16-27(37-4)28(38-5)19-25(22)26(34)20-43-24-12-10-21(11-13-24)33(36)39-6/h10-13,16-19,26H,7-9,14-15,20H2,1-6H3/t26-/m0/s1. The third-order valence-corrected chi connectivity index (χ3v) is 7.10. The van der Waals surface area contributed by atoms with Crippen LogP contribution in [0.2, 0.25) is 0 Å². The molecule has 43 heavy (non-hydrogen) atoms. The number of amides is 1. The number of carbonyl (C=O) groups excluding carboxylic acids is 2. The van der Waals surface area contributed by atoms with Gasteiger partial charge in [0.25, 0.3) is 5.91 Å². The van der Waals surface area contributed by atoms with Gasteiger partial charge in [0.2, 0.25) is 5.75 Å². The van der Waals surface area contributed by atoms with Crippen LogP contribution in [0.4, 0.5) is 0 Å². The maximum atomic E-state index is 14.3. The third-order valence-electron chi connectivity index (χ3n) is 7.10. The number of nitrogens with zero attached hydrogens (tertiary/aromatic N) is 1. The summed E-state index contributed by atoms with van der Waals surface area (Å²) in [6.45, 7) is 7.43. The van der Waals surface area contributed by atoms with E-state index in [-0.39, 0.29) is 12.5 Å². The molecule has 4 rings (SSSR count). The number of methoxy groups -OCH3 is 3. The highest BCUT2D eigenvalue weighted by atomic mass is 16.5. The highest BCUT2D eigenvalue weighted by Crippen LogP contribution is 2.42. The number of hydrogen-bond donors (Lipinski definition) is 0. The average molecular weight is 594 g/mol. The lowest BCUT2D eigenvalue weighted by molar-refractivity contribution is 0.0582. The lowest BCUT2D eigenvalue weighted by Crippen LogP contribution is -2.42. The van der Waals surface area contributed by atoms with E-state index in [1.165, 1.54) is 7.11 Å². The van der Waals surface area contributed by atoms with Crippen molar-refractivity contribution in [1.82, 2.24) is 4.90 Å². The van der Waals surface area contributed by atoms with Gasteiger partial charge in [0.1, 0.15) is 12.4 Å². The van der Waals surface area contributed by atoms with Crippen molar-refractivity contribution >= 4 is 11.9 Å². The smallest absolute Gasteiger partial charge is 0.337 e. The van der Waals surface area contributed by atoms with Crippen molar-refractivity contribution in [3.05, 3.63) is 70.8 Å². The predicted octanol–water partition coefficient (Wildman–Crippen LogP) is 5.51. The van der Waals surface area contributed by atoms with Crippen LogP contribution < -0.4 is 28.4 Å². The first-order chi connectivity index (χ1) is 20.9. The Morgan fingerprint density at radius 3 is 1.91 bits per heavy atom. The second kappa shape index (κ2) is 14.5. The number of benzene rings is 3. The van der Waals surface area contributed by atoms with Gasteiger partial charge in [-0.25, -0.2) is 4.79 Å². The molecule has 1 heterocycles. The van der Waals surface area contributed by atoms with Crippen molar-refractivity contribution < 1.29 is 42.7 Å². The molecule has 0 saturated heterocycles. The van der Waals surface area contributed by atoms with E-state index in [4.69, 9.17) is 33.2 Å². The van der Waals surface area contributed by atoms with Crippen LogP contribution in [0, 0.1) is 0 Å². The van der Waals surface area contributed by atoms with Crippen LogP contribution in [0.5, 0.6) is 34.5 Å². The second-order valence-electron chi connectivity index (χ2n) is 9.60. The van der Waals surface area contributed by atoms with Gasteiger partial charge in [-0.15, -0.1) is 0 Å². The molecule has 3 aromatic carbocycles. The first kappa shape index (κ1) is 31.3. The van der Waals surface area contributed by atoms with Crippen molar-refractivity contribution in [2.75, 3.05) is 54.3 Å². The topological polar surface area (TPSA) is 102 Å². The Hall–Kier alpha value is -4.60. The fraction of sp³-hybridized carbons (Fsp3) is 0.394. The zero-order valence-corrected chi connectivity index (χ0v) is 25.6. The Labute approximate surface area is 252 Å². The minimum absolute atomic E-state index is 0.152. The monoisotopic (exact) mass is 593 g/mol. The van der Waals surface area contributed by atoms with Gasteiger partial charge < -0.3 is 38.1 Å². The van der Waals surface area contributed by atoms with Crippen molar-refractivity contribution in [1.29, 1.82) is 0 Å². The molecule has 0 aromatic heterocycles. The summed E-state index contributed by atoms with van der Waals surface area (Å²) in [6.07, 6.45) is 0.611. The Bertz CT molecular complexity index is 1390. The maximum absolute atomic E-state index is 14.3. The van der Waals surface area contributed by atoms with Gasteiger partial charge in [0.15, 0.2) is 23.0 Å². The Morgan fingerprint density at radius 2 is 1.35 bits per heavy atom. The molecule has 1 amide bonds. The van der Waals surface area contributed by atoms with Crippen LogP contribution >= 0.6 is 0 Å². The van der Waals surface area contributed by atoms with Crippen molar-refractivity contribution in [2.24, 2.45) is 0 Å². The summed E-state index contributed by atoms with van der Waals surface area (Å²) < 4.78 is 39.7. The normalized spacial score (nSPS) is 13.9. The highest BCUT2D eigenvalue weighted by molar-refractivity contribution is 5.96. The zero-order valence-electron chi connectivity index (χ0n) is 25.6. The maximum Gasteiger partial charge on any atom is 0.337 e. The fourth-order valence-corrected chi connectivity index (χ4v) is 5.11. The van der Waals surface area contributed by atoms with Crippen LogP contribution in [-0.4, -0.2) is 71.1 Å². The molecule has 0 fully saturated rings. The van der Waals surface area contributed by atoms with Gasteiger partial charge in [0, 0.05) is 12.1 Å². The fourth-order valence-electron chi connectivity index (χ4n) is 5.11. The number of hydrogen-bond acceptors (Lipinski definition) is 9. The zero-order chi connectivity index (χ0) is 30.9. The molecular weight excluding hydrogens is 554 g/mol. The van der Waals surface area contributed by atoms with Crippen LogP contribution in [0.3, 0.4) is 0 Å². The molecule has 0 bridgehead atoms. The van der Waals surface area contributed by atoms with Gasteiger partial charge in [-0.05, 0) is 86.8 Å². The van der Waals surface area contributed by atoms with E-state index >= 15 is 0 Å². The molecule has 0 saturated carbocycles. The number of esters is 1. The molecule has 0 N–H and O–H groups in total. The van der Waals surface area contributed by atoms with E-state index in [1.807, 2.05) is 32.9 Å². The lowest BCUT2D eigenvalue weighted by atomic mass is 9.91. The number of carbonyl (C=O) groups is 2. The number of ether oxygens (including phenoxy) is 7. The van der Waals surface area contributed by atoms with E-state index in [1.54, 1.807) is 55.5 Å². The van der Waals surface area contributed by atoms with Gasteiger partial charge in [-0.1, -0.05) is 0 Å². The molecule has 10 nitrogen and oxygen atoms in total. The lowest BCUT2D eigenvalue weighted by Gasteiger charge is -2.38. The SMILES string of the molecule is CCOc1cc(C(=O)N2CCc3cc(OC)c(OC)cc3[C@@H]2COc2ccc(C(=O)OC)cc2)cc(OCC)c1OCC. The molecule has 0 radical (unpaired) electrons. The minimum Gasteiger partial charge on any atom is -0.493 e. The van der Waals surface area contributed by atoms with E-state index in [9.17, 15) is 9.59 Å². The van der Waals surface area contributed by atoms with Crippen molar-refractivity contribution in [3.63, 3.8) is 0 Å². The first-order valence-electron chi connectivity index (χ1n) is 14.3. The Balaban J connectivity index is 1.73. The second-order valence-corrected chi connectivity index (χ2v) is 9.60. The summed E-state index contributed by atoms with van der Waals surface area (Å²) in [5.41, 5.74) is 2.75.